The van der Waals surface area contributed by atoms with E-state index in [-0.39, 0.29) is 11.2 Å². The van der Waals surface area contributed by atoms with Crippen LogP contribution in [0.1, 0.15) is 24.8 Å². The third-order valence-corrected chi connectivity index (χ3v) is 4.04. The van der Waals surface area contributed by atoms with Crippen molar-refractivity contribution in [3.05, 3.63) is 29.6 Å². The Labute approximate surface area is 101 Å². The van der Waals surface area contributed by atoms with Gasteiger partial charge in [-0.25, -0.2) is 4.39 Å². The normalized spacial score (nSPS) is 17.9. The lowest BCUT2D eigenvalue weighted by molar-refractivity contribution is 0.0805. The fourth-order valence-electron chi connectivity index (χ4n) is 1.98. The molecule has 0 aliphatic heterocycles. The van der Waals surface area contributed by atoms with Crippen LogP contribution in [0, 0.1) is 18.2 Å². The zero-order valence-electron chi connectivity index (χ0n) is 9.50. The molecule has 1 aliphatic rings. The van der Waals surface area contributed by atoms with Crippen molar-refractivity contribution in [2.45, 2.75) is 26.2 Å². The number of benzene rings is 1. The number of thiol groups is 1. The summed E-state index contributed by atoms with van der Waals surface area (Å²) in [5, 5.41) is 0. The third kappa shape index (κ3) is 2.34. The predicted molar refractivity (Wildman–Crippen MR) is 66.8 cm³/mol. The number of aryl methyl sites for hydroxylation is 1. The summed E-state index contributed by atoms with van der Waals surface area (Å²) in [6, 6.07) is 4.96. The average molecular weight is 240 g/mol. The maximum atomic E-state index is 13.4. The first-order valence-corrected chi connectivity index (χ1v) is 6.28. The summed E-state index contributed by atoms with van der Waals surface area (Å²) in [5.41, 5.74) is 1.20. The number of hydrogen-bond acceptors (Lipinski definition) is 2. The lowest BCUT2D eigenvalue weighted by Crippen LogP contribution is -2.37. The molecule has 0 saturated heterocycles. The van der Waals surface area contributed by atoms with E-state index < -0.39 is 0 Å². The second-order valence-electron chi connectivity index (χ2n) is 4.73. The molecule has 2 rings (SSSR count). The molecule has 0 N–H and O–H groups in total. The first-order chi connectivity index (χ1) is 7.65. The zero-order chi connectivity index (χ0) is 11.6. The summed E-state index contributed by atoms with van der Waals surface area (Å²) in [5.74, 6) is 0.910. The summed E-state index contributed by atoms with van der Waals surface area (Å²) < 4.78 is 19.0. The zero-order valence-corrected chi connectivity index (χ0v) is 10.4. The van der Waals surface area contributed by atoms with Gasteiger partial charge in [-0.2, -0.15) is 12.6 Å². The van der Waals surface area contributed by atoms with E-state index in [1.807, 2.05) is 6.92 Å². The highest BCUT2D eigenvalue weighted by Crippen LogP contribution is 2.42. The highest BCUT2D eigenvalue weighted by molar-refractivity contribution is 7.80. The number of halogens is 1. The van der Waals surface area contributed by atoms with E-state index in [1.54, 1.807) is 12.1 Å². The Bertz CT molecular complexity index is 369. The monoisotopic (exact) mass is 240 g/mol. The van der Waals surface area contributed by atoms with Crippen LogP contribution in [-0.2, 0) is 0 Å². The fourth-order valence-corrected chi connectivity index (χ4v) is 2.38. The van der Waals surface area contributed by atoms with Crippen LogP contribution < -0.4 is 4.74 Å². The van der Waals surface area contributed by atoms with Gasteiger partial charge in [-0.15, -0.1) is 0 Å². The highest BCUT2D eigenvalue weighted by Gasteiger charge is 2.36. The Morgan fingerprint density at radius 3 is 2.75 bits per heavy atom. The molecule has 1 nitrogen and oxygen atoms in total. The van der Waals surface area contributed by atoms with E-state index in [9.17, 15) is 4.39 Å². The maximum Gasteiger partial charge on any atom is 0.165 e. The summed E-state index contributed by atoms with van der Waals surface area (Å²) in [7, 11) is 0. The maximum absolute atomic E-state index is 13.4. The van der Waals surface area contributed by atoms with E-state index in [0.29, 0.717) is 12.4 Å². The first kappa shape index (κ1) is 11.8. The second kappa shape index (κ2) is 4.66. The topological polar surface area (TPSA) is 9.23 Å². The number of rotatable bonds is 4. The van der Waals surface area contributed by atoms with Gasteiger partial charge in [0, 0.05) is 5.41 Å². The van der Waals surface area contributed by atoms with Crippen LogP contribution in [0.2, 0.25) is 0 Å². The van der Waals surface area contributed by atoms with Gasteiger partial charge in [-0.05, 0) is 43.2 Å². The van der Waals surface area contributed by atoms with Crippen LogP contribution in [0.4, 0.5) is 4.39 Å². The Balaban J connectivity index is 2.01. The molecule has 1 saturated carbocycles. The Hall–Kier alpha value is -0.700. The van der Waals surface area contributed by atoms with Crippen LogP contribution in [0.15, 0.2) is 18.2 Å². The van der Waals surface area contributed by atoms with Gasteiger partial charge in [-0.1, -0.05) is 12.5 Å². The highest BCUT2D eigenvalue weighted by atomic mass is 32.1. The van der Waals surface area contributed by atoms with Crippen LogP contribution in [-0.4, -0.2) is 12.4 Å². The van der Waals surface area contributed by atoms with E-state index in [1.165, 1.54) is 12.5 Å². The van der Waals surface area contributed by atoms with Gasteiger partial charge in [-0.3, -0.25) is 0 Å². The molecule has 0 heterocycles. The van der Waals surface area contributed by atoms with Gasteiger partial charge < -0.3 is 4.74 Å². The molecular weight excluding hydrogens is 223 g/mol. The van der Waals surface area contributed by atoms with Crippen LogP contribution in [0.25, 0.3) is 0 Å². The van der Waals surface area contributed by atoms with Gasteiger partial charge in [0.05, 0.1) is 6.61 Å². The quantitative estimate of drug-likeness (QED) is 0.791. The standard InChI is InChI=1S/C13H17FOS/c1-10-3-4-11(14)12(7-10)15-8-13(9-16)5-2-6-13/h3-4,7,16H,2,5-6,8-9H2,1H3. The molecule has 1 aromatic rings. The van der Waals surface area contributed by atoms with Gasteiger partial charge in [0.25, 0.3) is 0 Å². The molecule has 0 bridgehead atoms. The molecule has 0 spiro atoms. The predicted octanol–water partition coefficient (Wildman–Crippen LogP) is 3.61. The summed E-state index contributed by atoms with van der Waals surface area (Å²) in [6.45, 7) is 2.51. The SMILES string of the molecule is Cc1ccc(F)c(OCC2(CS)CCC2)c1. The van der Waals surface area contributed by atoms with Crippen LogP contribution in [0.3, 0.4) is 0 Å². The summed E-state index contributed by atoms with van der Waals surface area (Å²) >= 11 is 4.35. The van der Waals surface area contributed by atoms with Crippen molar-refractivity contribution in [2.75, 3.05) is 12.4 Å². The minimum Gasteiger partial charge on any atom is -0.490 e. The molecule has 3 heteroatoms. The molecule has 0 amide bonds. The van der Waals surface area contributed by atoms with Crippen molar-refractivity contribution < 1.29 is 9.13 Å². The Morgan fingerprint density at radius 2 is 2.19 bits per heavy atom. The molecule has 16 heavy (non-hydrogen) atoms. The van der Waals surface area contributed by atoms with E-state index in [2.05, 4.69) is 12.6 Å². The van der Waals surface area contributed by atoms with Gasteiger partial charge >= 0.3 is 0 Å². The summed E-state index contributed by atoms with van der Waals surface area (Å²) in [6.07, 6.45) is 3.52. The van der Waals surface area contributed by atoms with Crippen LogP contribution in [0.5, 0.6) is 5.75 Å². The minimum absolute atomic E-state index is 0.180. The minimum atomic E-state index is -0.278. The lowest BCUT2D eigenvalue weighted by Gasteiger charge is -2.40. The smallest absolute Gasteiger partial charge is 0.165 e. The van der Waals surface area contributed by atoms with Crippen LogP contribution >= 0.6 is 12.6 Å². The fraction of sp³-hybridized carbons (Fsp3) is 0.538. The largest absolute Gasteiger partial charge is 0.490 e. The molecule has 88 valence electrons. The van der Waals surface area contributed by atoms with Crippen molar-refractivity contribution in [2.24, 2.45) is 5.41 Å². The van der Waals surface area contributed by atoms with Gasteiger partial charge in [0.15, 0.2) is 11.6 Å². The third-order valence-electron chi connectivity index (χ3n) is 3.37. The molecule has 0 radical (unpaired) electrons. The lowest BCUT2D eigenvalue weighted by atomic mass is 9.71. The Morgan fingerprint density at radius 1 is 1.44 bits per heavy atom. The van der Waals surface area contributed by atoms with Crippen molar-refractivity contribution in [1.82, 2.24) is 0 Å². The number of hydrogen-bond donors (Lipinski definition) is 1. The average Bonchev–Trinajstić information content (AvgIpc) is 2.22. The molecule has 1 fully saturated rings. The van der Waals surface area contributed by atoms with E-state index in [0.717, 1.165) is 24.2 Å². The molecule has 1 aliphatic carbocycles. The van der Waals surface area contributed by atoms with Crippen molar-refractivity contribution in [3.8, 4) is 5.75 Å². The van der Waals surface area contributed by atoms with Crippen molar-refractivity contribution in [1.29, 1.82) is 0 Å². The molecule has 1 aromatic carbocycles. The van der Waals surface area contributed by atoms with Gasteiger partial charge in [0.2, 0.25) is 0 Å². The first-order valence-electron chi connectivity index (χ1n) is 5.65. The molecule has 0 unspecified atom stereocenters. The molecule has 0 aromatic heterocycles. The molecular formula is C13H17FOS. The molecule has 0 atom stereocenters. The van der Waals surface area contributed by atoms with E-state index in [4.69, 9.17) is 4.74 Å². The van der Waals surface area contributed by atoms with Crippen molar-refractivity contribution in [3.63, 3.8) is 0 Å². The van der Waals surface area contributed by atoms with Crippen molar-refractivity contribution >= 4 is 12.6 Å². The Kier molecular flexibility index (Phi) is 3.43. The summed E-state index contributed by atoms with van der Waals surface area (Å²) in [4.78, 5) is 0. The van der Waals surface area contributed by atoms with Gasteiger partial charge in [0.1, 0.15) is 0 Å². The number of ether oxygens (including phenoxy) is 1. The van der Waals surface area contributed by atoms with E-state index >= 15 is 0 Å². The second-order valence-corrected chi connectivity index (χ2v) is 5.05.